The van der Waals surface area contributed by atoms with Gasteiger partial charge >= 0.3 is 21.7 Å². The highest BCUT2D eigenvalue weighted by Crippen LogP contribution is 2.27. The standard InChI is InChI=1S/C16H20F3NO7S/c1-14(2,3)26-13(23)20-15(4,12(21)22)9-10-5-7-11(8-6-10)27-28(24,25)16(17,18)19/h5-8H,9H2,1-4H3,(H,20,23)(H,21,22)/p-1/t15-/m0/s1. The summed E-state index contributed by atoms with van der Waals surface area (Å²) in [5.41, 5.74) is -8.11. The first-order valence-corrected chi connectivity index (χ1v) is 9.18. The van der Waals surface area contributed by atoms with Crippen molar-refractivity contribution in [2.24, 2.45) is 0 Å². The lowest BCUT2D eigenvalue weighted by molar-refractivity contribution is -0.313. The van der Waals surface area contributed by atoms with E-state index < -0.39 is 44.6 Å². The molecule has 0 radical (unpaired) electrons. The Labute approximate surface area is 159 Å². The molecule has 0 aromatic heterocycles. The number of carbonyl (C=O) groups excluding carboxylic acids is 2. The maximum absolute atomic E-state index is 12.3. The quantitative estimate of drug-likeness (QED) is 0.540. The molecule has 0 bridgehead atoms. The molecule has 8 nitrogen and oxygen atoms in total. The number of alkyl halides is 3. The first kappa shape index (κ1) is 23.5. The van der Waals surface area contributed by atoms with E-state index in [0.717, 1.165) is 31.2 Å². The van der Waals surface area contributed by atoms with Crippen LogP contribution >= 0.6 is 0 Å². The SMILES string of the molecule is CC(C)(C)OC(=O)N[C@@](C)(Cc1ccc(OS(=O)(=O)C(F)(F)F)cc1)C(=O)[O-]. The van der Waals surface area contributed by atoms with Crippen molar-refractivity contribution >= 4 is 22.2 Å². The molecule has 12 heteroatoms. The zero-order valence-electron chi connectivity index (χ0n) is 15.4. The lowest BCUT2D eigenvalue weighted by Gasteiger charge is -2.33. The number of carboxylic acid groups (broad SMARTS) is 1. The van der Waals surface area contributed by atoms with E-state index in [1.54, 1.807) is 20.8 Å². The van der Waals surface area contributed by atoms with Crippen LogP contribution in [0.2, 0.25) is 0 Å². The van der Waals surface area contributed by atoms with Gasteiger partial charge in [-0.25, -0.2) is 4.79 Å². The van der Waals surface area contributed by atoms with Gasteiger partial charge in [0.25, 0.3) is 0 Å². The summed E-state index contributed by atoms with van der Waals surface area (Å²) in [6.07, 6.45) is -1.32. The Hall–Kier alpha value is -2.50. The molecule has 0 aliphatic heterocycles. The average Bonchev–Trinajstić information content (AvgIpc) is 2.45. The van der Waals surface area contributed by atoms with E-state index in [4.69, 9.17) is 4.74 Å². The van der Waals surface area contributed by atoms with Crippen molar-refractivity contribution in [1.29, 1.82) is 0 Å². The highest BCUT2D eigenvalue weighted by molar-refractivity contribution is 7.88. The van der Waals surface area contributed by atoms with Crippen LogP contribution in [0.15, 0.2) is 24.3 Å². The van der Waals surface area contributed by atoms with Gasteiger partial charge in [0.2, 0.25) is 0 Å². The van der Waals surface area contributed by atoms with Crippen LogP contribution in [0, 0.1) is 0 Å². The summed E-state index contributed by atoms with van der Waals surface area (Å²) in [7, 11) is -5.82. The zero-order chi connectivity index (χ0) is 22.0. The van der Waals surface area contributed by atoms with E-state index >= 15 is 0 Å². The van der Waals surface area contributed by atoms with Crippen LogP contribution in [0.25, 0.3) is 0 Å². The molecule has 1 aromatic rings. The molecule has 0 fully saturated rings. The summed E-state index contributed by atoms with van der Waals surface area (Å²) in [5, 5.41) is 13.7. The van der Waals surface area contributed by atoms with Gasteiger partial charge in [0.15, 0.2) is 0 Å². The Bertz CT molecular complexity index is 829. The predicted molar refractivity (Wildman–Crippen MR) is 88.5 cm³/mol. The van der Waals surface area contributed by atoms with Crippen LogP contribution in [-0.2, 0) is 26.1 Å². The largest absolute Gasteiger partial charge is 0.548 e. The topological polar surface area (TPSA) is 122 Å². The highest BCUT2D eigenvalue weighted by atomic mass is 32.2. The highest BCUT2D eigenvalue weighted by Gasteiger charge is 2.48. The number of nitrogens with one attached hydrogen (secondary N) is 1. The third-order valence-electron chi connectivity index (χ3n) is 3.20. The van der Waals surface area contributed by atoms with Crippen molar-refractivity contribution in [1.82, 2.24) is 5.32 Å². The molecule has 28 heavy (non-hydrogen) atoms. The number of amides is 1. The van der Waals surface area contributed by atoms with Crippen molar-refractivity contribution < 1.29 is 45.2 Å². The van der Waals surface area contributed by atoms with E-state index in [2.05, 4.69) is 9.50 Å². The summed E-state index contributed by atoms with van der Waals surface area (Å²) >= 11 is 0. The van der Waals surface area contributed by atoms with Gasteiger partial charge in [-0.1, -0.05) is 12.1 Å². The first-order valence-electron chi connectivity index (χ1n) is 7.77. The Kier molecular flexibility index (Phi) is 6.60. The Morgan fingerprint density at radius 1 is 1.07 bits per heavy atom. The molecular weight excluding hydrogens is 407 g/mol. The second-order valence-corrected chi connectivity index (χ2v) is 8.59. The minimum Gasteiger partial charge on any atom is -0.548 e. The second kappa shape index (κ2) is 7.86. The third kappa shape index (κ3) is 6.59. The van der Waals surface area contributed by atoms with Crippen LogP contribution in [0.5, 0.6) is 5.75 Å². The summed E-state index contributed by atoms with van der Waals surface area (Å²) in [5.74, 6) is -2.24. The van der Waals surface area contributed by atoms with Crippen LogP contribution in [0.4, 0.5) is 18.0 Å². The molecule has 1 atom stereocenters. The molecule has 1 N–H and O–H groups in total. The van der Waals surface area contributed by atoms with Crippen LogP contribution in [0.3, 0.4) is 0 Å². The molecule has 0 spiro atoms. The zero-order valence-corrected chi connectivity index (χ0v) is 16.2. The van der Waals surface area contributed by atoms with E-state index in [0.29, 0.717) is 0 Å². The fourth-order valence-electron chi connectivity index (χ4n) is 1.94. The lowest BCUT2D eigenvalue weighted by atomic mass is 9.93. The number of hydrogen-bond donors (Lipinski definition) is 1. The van der Waals surface area contributed by atoms with E-state index in [-0.39, 0.29) is 12.0 Å². The lowest BCUT2D eigenvalue weighted by Crippen LogP contribution is -2.60. The number of hydrogen-bond acceptors (Lipinski definition) is 7. The van der Waals surface area contributed by atoms with Gasteiger partial charge in [0, 0.05) is 6.42 Å². The van der Waals surface area contributed by atoms with E-state index in [9.17, 15) is 36.3 Å². The molecule has 0 saturated carbocycles. The van der Waals surface area contributed by atoms with Crippen molar-refractivity contribution in [2.45, 2.75) is 50.8 Å². The van der Waals surface area contributed by atoms with E-state index in [1.807, 2.05) is 0 Å². The van der Waals surface area contributed by atoms with Gasteiger partial charge in [-0.05, 0) is 45.4 Å². The maximum Gasteiger partial charge on any atom is 0.534 e. The number of carboxylic acids is 1. The number of carbonyl (C=O) groups is 2. The van der Waals surface area contributed by atoms with Gasteiger partial charge in [-0.3, -0.25) is 0 Å². The monoisotopic (exact) mass is 426 g/mol. The Morgan fingerprint density at radius 2 is 1.57 bits per heavy atom. The average molecular weight is 426 g/mol. The number of ether oxygens (including phenoxy) is 1. The third-order valence-corrected chi connectivity index (χ3v) is 4.18. The van der Waals surface area contributed by atoms with Gasteiger partial charge in [-0.2, -0.15) is 21.6 Å². The van der Waals surface area contributed by atoms with Gasteiger partial charge in [-0.15, -0.1) is 0 Å². The number of benzene rings is 1. The molecule has 0 saturated heterocycles. The maximum atomic E-state index is 12.3. The first-order chi connectivity index (χ1) is 12.5. The summed E-state index contributed by atoms with van der Waals surface area (Å²) in [6.45, 7) is 5.90. The molecule has 0 unspecified atom stereocenters. The van der Waals surface area contributed by atoms with Crippen molar-refractivity contribution in [3.63, 3.8) is 0 Å². The van der Waals surface area contributed by atoms with Crippen LogP contribution < -0.4 is 14.6 Å². The molecule has 0 aliphatic rings. The van der Waals surface area contributed by atoms with Gasteiger partial charge in [0.1, 0.15) is 11.4 Å². The Balaban J connectivity index is 2.95. The van der Waals surface area contributed by atoms with Crippen molar-refractivity contribution in [2.75, 3.05) is 0 Å². The van der Waals surface area contributed by atoms with Gasteiger partial charge < -0.3 is 24.1 Å². The van der Waals surface area contributed by atoms with Crippen molar-refractivity contribution in [3.05, 3.63) is 29.8 Å². The number of aliphatic carboxylic acids is 1. The summed E-state index contributed by atoms with van der Waals surface area (Å²) < 4.78 is 67.8. The Morgan fingerprint density at radius 3 is 1.96 bits per heavy atom. The van der Waals surface area contributed by atoms with Crippen LogP contribution in [-0.4, -0.2) is 37.1 Å². The molecule has 1 amide bonds. The molecule has 0 heterocycles. The molecule has 1 aromatic carbocycles. The van der Waals surface area contributed by atoms with E-state index in [1.165, 1.54) is 0 Å². The van der Waals surface area contributed by atoms with Crippen LogP contribution in [0.1, 0.15) is 33.3 Å². The minimum atomic E-state index is -5.82. The number of rotatable bonds is 6. The molecule has 158 valence electrons. The summed E-state index contributed by atoms with van der Waals surface area (Å²) in [4.78, 5) is 23.3. The molecule has 1 rings (SSSR count). The normalized spacial score (nSPS) is 14.7. The van der Waals surface area contributed by atoms with Crippen molar-refractivity contribution in [3.8, 4) is 5.75 Å². The number of halogens is 3. The fourth-order valence-corrected chi connectivity index (χ4v) is 2.40. The minimum absolute atomic E-state index is 0.250. The van der Waals surface area contributed by atoms with Gasteiger partial charge in [0.05, 0.1) is 11.5 Å². The fraction of sp³-hybridized carbons (Fsp3) is 0.500. The molecule has 0 aliphatic carbocycles. The predicted octanol–water partition coefficient (Wildman–Crippen LogP) is 1.49. The second-order valence-electron chi connectivity index (χ2n) is 7.05. The smallest absolute Gasteiger partial charge is 0.534 e. The summed E-state index contributed by atoms with van der Waals surface area (Å²) in [6, 6.07) is 4.14. The number of alkyl carbamates (subject to hydrolysis) is 1. The molecular formula is C16H19F3NO7S-.